The Bertz CT molecular complexity index is 456. The predicted molar refractivity (Wildman–Crippen MR) is 62.0 cm³/mol. The smallest absolute Gasteiger partial charge is 0.146 e. The van der Waals surface area contributed by atoms with Crippen molar-refractivity contribution in [3.05, 3.63) is 36.2 Å². The van der Waals surface area contributed by atoms with Gasteiger partial charge in [0.05, 0.1) is 6.54 Å². The van der Waals surface area contributed by atoms with Gasteiger partial charge >= 0.3 is 0 Å². The molecule has 0 bridgehead atoms. The van der Waals surface area contributed by atoms with E-state index in [1.54, 1.807) is 11.0 Å². The van der Waals surface area contributed by atoms with Crippen LogP contribution in [0.1, 0.15) is 24.4 Å². The molecule has 0 aliphatic heterocycles. The zero-order chi connectivity index (χ0) is 11.5. The number of hydrogen-bond donors (Lipinski definition) is 1. The molecule has 0 amide bonds. The van der Waals surface area contributed by atoms with Crippen molar-refractivity contribution in [2.75, 3.05) is 7.05 Å². The van der Waals surface area contributed by atoms with E-state index in [2.05, 4.69) is 45.4 Å². The van der Waals surface area contributed by atoms with Gasteiger partial charge in [-0.15, -0.1) is 0 Å². The number of aromatic nitrogens is 4. The fourth-order valence-corrected chi connectivity index (χ4v) is 1.61. The van der Waals surface area contributed by atoms with Crippen LogP contribution in [-0.2, 0) is 13.6 Å². The first-order chi connectivity index (χ1) is 7.70. The van der Waals surface area contributed by atoms with Crippen molar-refractivity contribution in [1.82, 2.24) is 24.6 Å². The first kappa shape index (κ1) is 10.9. The van der Waals surface area contributed by atoms with Gasteiger partial charge in [-0.3, -0.25) is 4.68 Å². The molecular formula is C11H17N5. The van der Waals surface area contributed by atoms with Gasteiger partial charge < -0.3 is 9.88 Å². The maximum absolute atomic E-state index is 4.20. The third kappa shape index (κ3) is 2.14. The summed E-state index contributed by atoms with van der Waals surface area (Å²) in [4.78, 5) is 4.20. The lowest BCUT2D eigenvalue weighted by Gasteiger charge is -2.07. The summed E-state index contributed by atoms with van der Waals surface area (Å²) in [5.74, 6) is 0.958. The van der Waals surface area contributed by atoms with Gasteiger partial charge in [-0.1, -0.05) is 0 Å². The van der Waals surface area contributed by atoms with E-state index in [1.807, 2.05) is 14.1 Å². The SMILES string of the molecule is CNC(C)c1ccn(Cc2ncnn2C)c1. The molecule has 2 rings (SSSR count). The highest BCUT2D eigenvalue weighted by atomic mass is 15.3. The molecule has 2 aromatic rings. The molecule has 1 N–H and O–H groups in total. The Hall–Kier alpha value is -1.62. The minimum Gasteiger partial charge on any atom is -0.346 e. The molecule has 1 atom stereocenters. The topological polar surface area (TPSA) is 47.7 Å². The Morgan fingerprint density at radius 2 is 2.31 bits per heavy atom. The third-order valence-electron chi connectivity index (χ3n) is 2.84. The molecule has 86 valence electrons. The van der Waals surface area contributed by atoms with Gasteiger partial charge in [0.1, 0.15) is 12.2 Å². The van der Waals surface area contributed by atoms with Crippen molar-refractivity contribution < 1.29 is 0 Å². The number of rotatable bonds is 4. The number of aryl methyl sites for hydroxylation is 1. The van der Waals surface area contributed by atoms with Gasteiger partial charge in [-0.25, -0.2) is 4.98 Å². The van der Waals surface area contributed by atoms with E-state index >= 15 is 0 Å². The second kappa shape index (κ2) is 4.49. The van der Waals surface area contributed by atoms with Crippen LogP contribution in [0.4, 0.5) is 0 Å². The van der Waals surface area contributed by atoms with Crippen molar-refractivity contribution in [3.8, 4) is 0 Å². The van der Waals surface area contributed by atoms with Crippen LogP contribution >= 0.6 is 0 Å². The number of nitrogens with zero attached hydrogens (tertiary/aromatic N) is 4. The van der Waals surface area contributed by atoms with Crippen LogP contribution in [0.2, 0.25) is 0 Å². The summed E-state index contributed by atoms with van der Waals surface area (Å²) in [6.45, 7) is 2.90. The fraction of sp³-hybridized carbons (Fsp3) is 0.455. The molecule has 0 radical (unpaired) electrons. The maximum Gasteiger partial charge on any atom is 0.146 e. The van der Waals surface area contributed by atoms with Crippen molar-refractivity contribution >= 4 is 0 Å². The van der Waals surface area contributed by atoms with E-state index < -0.39 is 0 Å². The zero-order valence-corrected chi connectivity index (χ0v) is 9.88. The summed E-state index contributed by atoms with van der Waals surface area (Å²) in [6, 6.07) is 2.50. The lowest BCUT2D eigenvalue weighted by molar-refractivity contribution is 0.637. The predicted octanol–water partition coefficient (Wildman–Crippen LogP) is 0.945. The third-order valence-corrected chi connectivity index (χ3v) is 2.84. The molecule has 5 nitrogen and oxygen atoms in total. The van der Waals surface area contributed by atoms with Gasteiger partial charge in [0.25, 0.3) is 0 Å². The van der Waals surface area contributed by atoms with Crippen LogP contribution < -0.4 is 5.32 Å². The van der Waals surface area contributed by atoms with Crippen LogP contribution in [0, 0.1) is 0 Å². The molecule has 0 saturated carbocycles. The number of nitrogens with one attached hydrogen (secondary N) is 1. The van der Waals surface area contributed by atoms with Crippen molar-refractivity contribution in [1.29, 1.82) is 0 Å². The molecule has 0 aliphatic carbocycles. The van der Waals surface area contributed by atoms with Gasteiger partial charge in [0.2, 0.25) is 0 Å². The largest absolute Gasteiger partial charge is 0.346 e. The van der Waals surface area contributed by atoms with E-state index in [0.717, 1.165) is 12.4 Å². The Labute approximate surface area is 95.1 Å². The molecular weight excluding hydrogens is 202 g/mol. The lowest BCUT2D eigenvalue weighted by Crippen LogP contribution is -2.11. The second-order valence-electron chi connectivity index (χ2n) is 3.93. The van der Waals surface area contributed by atoms with E-state index in [1.165, 1.54) is 5.56 Å². The molecule has 1 unspecified atom stereocenters. The zero-order valence-electron chi connectivity index (χ0n) is 9.88. The van der Waals surface area contributed by atoms with Gasteiger partial charge in [-0.2, -0.15) is 5.10 Å². The summed E-state index contributed by atoms with van der Waals surface area (Å²) in [5.41, 5.74) is 1.28. The van der Waals surface area contributed by atoms with Crippen molar-refractivity contribution in [2.24, 2.45) is 7.05 Å². The highest BCUT2D eigenvalue weighted by Crippen LogP contribution is 2.12. The summed E-state index contributed by atoms with van der Waals surface area (Å²) >= 11 is 0. The average Bonchev–Trinajstić information content (AvgIpc) is 2.89. The molecule has 5 heteroatoms. The van der Waals surface area contributed by atoms with E-state index in [4.69, 9.17) is 0 Å². The fourth-order valence-electron chi connectivity index (χ4n) is 1.61. The summed E-state index contributed by atoms with van der Waals surface area (Å²) < 4.78 is 3.91. The Balaban J connectivity index is 2.11. The quantitative estimate of drug-likeness (QED) is 0.832. The Morgan fingerprint density at radius 1 is 1.50 bits per heavy atom. The van der Waals surface area contributed by atoms with E-state index in [0.29, 0.717) is 6.04 Å². The minimum atomic E-state index is 0.376. The van der Waals surface area contributed by atoms with E-state index in [9.17, 15) is 0 Å². The molecule has 0 spiro atoms. The van der Waals surface area contributed by atoms with Crippen molar-refractivity contribution in [3.63, 3.8) is 0 Å². The Kier molecular flexibility index (Phi) is 3.05. The summed E-state index contributed by atoms with van der Waals surface area (Å²) in [5, 5.41) is 7.27. The first-order valence-electron chi connectivity index (χ1n) is 5.36. The standard InChI is InChI=1S/C11H17N5/c1-9(12-2)10-4-5-16(6-10)7-11-13-8-14-15(11)3/h4-6,8-9,12H,7H2,1-3H3. The Morgan fingerprint density at radius 3 is 2.94 bits per heavy atom. The average molecular weight is 219 g/mol. The molecule has 0 aromatic carbocycles. The van der Waals surface area contributed by atoms with Gasteiger partial charge in [0, 0.05) is 25.5 Å². The summed E-state index contributed by atoms with van der Waals surface area (Å²) in [7, 11) is 3.87. The maximum atomic E-state index is 4.20. The first-order valence-corrected chi connectivity index (χ1v) is 5.36. The van der Waals surface area contributed by atoms with Crippen LogP contribution in [-0.4, -0.2) is 26.4 Å². The highest BCUT2D eigenvalue weighted by molar-refractivity contribution is 5.15. The second-order valence-corrected chi connectivity index (χ2v) is 3.93. The van der Waals surface area contributed by atoms with Gasteiger partial charge in [-0.05, 0) is 25.6 Å². The van der Waals surface area contributed by atoms with Crippen LogP contribution in [0.5, 0.6) is 0 Å². The normalized spacial score (nSPS) is 12.9. The van der Waals surface area contributed by atoms with Crippen LogP contribution in [0.15, 0.2) is 24.8 Å². The monoisotopic (exact) mass is 219 g/mol. The summed E-state index contributed by atoms with van der Waals surface area (Å²) in [6.07, 6.45) is 5.78. The lowest BCUT2D eigenvalue weighted by atomic mass is 10.2. The number of hydrogen-bond acceptors (Lipinski definition) is 3. The van der Waals surface area contributed by atoms with Crippen LogP contribution in [0.25, 0.3) is 0 Å². The molecule has 2 heterocycles. The minimum absolute atomic E-state index is 0.376. The molecule has 0 aliphatic rings. The van der Waals surface area contributed by atoms with Crippen molar-refractivity contribution in [2.45, 2.75) is 19.5 Å². The van der Waals surface area contributed by atoms with Gasteiger partial charge in [0.15, 0.2) is 0 Å². The highest BCUT2D eigenvalue weighted by Gasteiger charge is 2.06. The molecule has 0 saturated heterocycles. The van der Waals surface area contributed by atoms with Crippen LogP contribution in [0.3, 0.4) is 0 Å². The molecule has 0 fully saturated rings. The molecule has 2 aromatic heterocycles. The van der Waals surface area contributed by atoms with E-state index in [-0.39, 0.29) is 0 Å². The molecule has 16 heavy (non-hydrogen) atoms.